The van der Waals surface area contributed by atoms with Crippen molar-refractivity contribution in [2.24, 2.45) is 0 Å². The van der Waals surface area contributed by atoms with Gasteiger partial charge in [-0.3, -0.25) is 4.79 Å². The summed E-state index contributed by atoms with van der Waals surface area (Å²) in [5.41, 5.74) is 0. The van der Waals surface area contributed by atoms with Gasteiger partial charge in [-0.2, -0.15) is 0 Å². The quantitative estimate of drug-likeness (QED) is 0.190. The summed E-state index contributed by atoms with van der Waals surface area (Å²) >= 11 is 0. The second-order valence-electron chi connectivity index (χ2n) is 1.96. The van der Waals surface area contributed by atoms with E-state index < -0.39 is 11.4 Å². The molecule has 0 aromatic rings. The van der Waals surface area contributed by atoms with Crippen LogP contribution in [0, 0.1) is 0 Å². The smallest absolute Gasteiger partial charge is 0.211 e. The van der Waals surface area contributed by atoms with Gasteiger partial charge in [-0.05, 0) is 0 Å². The average Bonchev–Trinajstić information content (AvgIpc) is 1.84. The van der Waals surface area contributed by atoms with Crippen LogP contribution in [0.4, 0.5) is 0 Å². The maximum atomic E-state index is 9.65. The van der Waals surface area contributed by atoms with E-state index >= 15 is 0 Å². The Kier molecular flexibility index (Phi) is 3.15. The first-order valence-electron chi connectivity index (χ1n) is 2.47. The van der Waals surface area contributed by atoms with Crippen LogP contribution >= 0.6 is 0 Å². The van der Waals surface area contributed by atoms with E-state index in [-0.39, 0.29) is 6.67 Å². The fourth-order valence-electron chi connectivity index (χ4n) is 0.284. The first-order chi connectivity index (χ1) is 4.12. The average molecular weight is 135 g/mol. The van der Waals surface area contributed by atoms with Crippen molar-refractivity contribution in [3.05, 3.63) is 0 Å². The fourth-order valence-corrected chi connectivity index (χ4v) is 0.284. The Hall–Kier alpha value is -0.650. The van der Waals surface area contributed by atoms with E-state index in [0.717, 1.165) is 0 Å². The van der Waals surface area contributed by atoms with E-state index in [1.807, 2.05) is 0 Å². The van der Waals surface area contributed by atoms with E-state index in [1.165, 1.54) is 7.05 Å². The van der Waals surface area contributed by atoms with Gasteiger partial charge in [0.2, 0.25) is 13.1 Å². The number of rotatable bonds is 4. The standard InChI is InChI=1S/C4H10N2O3/c1-6(9,4-8)2-5-3-7/h3,8-9H,2,4H2,1H3/p+1. The van der Waals surface area contributed by atoms with Crippen LogP contribution in [0.3, 0.4) is 0 Å². The van der Waals surface area contributed by atoms with E-state index in [4.69, 9.17) is 10.3 Å². The Balaban J connectivity index is 3.44. The molecule has 0 aliphatic heterocycles. The van der Waals surface area contributed by atoms with Crippen LogP contribution < -0.4 is 5.32 Å². The maximum Gasteiger partial charge on any atom is 0.211 e. The third-order valence-electron chi connectivity index (χ3n) is 0.820. The Bertz CT molecular complexity index is 93.8. The summed E-state index contributed by atoms with van der Waals surface area (Å²) in [5.74, 6) is 0. The van der Waals surface area contributed by atoms with Gasteiger partial charge in [-0.1, -0.05) is 0 Å². The molecule has 1 amide bonds. The summed E-state index contributed by atoms with van der Waals surface area (Å²) < 4.78 is -0.612. The van der Waals surface area contributed by atoms with Crippen LogP contribution in [-0.2, 0) is 4.79 Å². The van der Waals surface area contributed by atoms with Crippen LogP contribution in [0.2, 0.25) is 0 Å². The molecule has 0 aliphatic carbocycles. The molecule has 3 N–H and O–H groups in total. The van der Waals surface area contributed by atoms with Gasteiger partial charge in [-0.15, -0.1) is 4.65 Å². The lowest BCUT2D eigenvalue weighted by molar-refractivity contribution is -1.10. The lowest BCUT2D eigenvalue weighted by atomic mass is 10.8. The Morgan fingerprint density at radius 3 is 2.67 bits per heavy atom. The molecule has 5 nitrogen and oxygen atoms in total. The summed E-state index contributed by atoms with van der Waals surface area (Å²) in [5, 5.41) is 19.5. The highest BCUT2D eigenvalue weighted by molar-refractivity contribution is 5.45. The minimum absolute atomic E-state index is 0.0139. The monoisotopic (exact) mass is 135 g/mol. The first-order valence-corrected chi connectivity index (χ1v) is 2.47. The molecule has 0 rings (SSSR count). The third kappa shape index (κ3) is 3.89. The van der Waals surface area contributed by atoms with Crippen molar-refractivity contribution in [3.8, 4) is 0 Å². The predicted molar refractivity (Wildman–Crippen MR) is 29.1 cm³/mol. The number of carbonyl (C=O) groups is 1. The molecule has 0 aromatic heterocycles. The second-order valence-corrected chi connectivity index (χ2v) is 1.96. The topological polar surface area (TPSA) is 69.6 Å². The minimum Gasteiger partial charge on any atom is -0.345 e. The molecule has 0 saturated carbocycles. The molecular formula is C4H11N2O3+. The number of aliphatic hydroxyl groups is 1. The van der Waals surface area contributed by atoms with Crippen LogP contribution in [0.1, 0.15) is 0 Å². The lowest BCUT2D eigenvalue weighted by Crippen LogP contribution is -2.47. The molecule has 0 heterocycles. The van der Waals surface area contributed by atoms with Crippen molar-refractivity contribution in [1.29, 1.82) is 0 Å². The van der Waals surface area contributed by atoms with Crippen molar-refractivity contribution in [2.45, 2.75) is 0 Å². The highest BCUT2D eigenvalue weighted by Crippen LogP contribution is 1.87. The van der Waals surface area contributed by atoms with E-state index in [0.29, 0.717) is 6.41 Å². The van der Waals surface area contributed by atoms with Crippen molar-refractivity contribution in [3.63, 3.8) is 0 Å². The van der Waals surface area contributed by atoms with Crippen LogP contribution in [0.25, 0.3) is 0 Å². The van der Waals surface area contributed by atoms with E-state index in [1.54, 1.807) is 0 Å². The summed E-state index contributed by atoms with van der Waals surface area (Å²) in [7, 11) is 1.37. The molecule has 0 bridgehead atoms. The van der Waals surface area contributed by atoms with Gasteiger partial charge in [0, 0.05) is 0 Å². The molecule has 0 aliphatic rings. The highest BCUT2D eigenvalue weighted by atomic mass is 16.6. The summed E-state index contributed by atoms with van der Waals surface area (Å²) in [6.07, 6.45) is 0.461. The molecule has 5 heteroatoms. The summed E-state index contributed by atoms with van der Waals surface area (Å²) in [4.78, 5) is 9.65. The second kappa shape index (κ2) is 3.39. The molecular weight excluding hydrogens is 124 g/mol. The van der Waals surface area contributed by atoms with Gasteiger partial charge >= 0.3 is 0 Å². The highest BCUT2D eigenvalue weighted by Gasteiger charge is 2.14. The third-order valence-corrected chi connectivity index (χ3v) is 0.820. The van der Waals surface area contributed by atoms with Crippen molar-refractivity contribution in [2.75, 3.05) is 20.4 Å². The van der Waals surface area contributed by atoms with Crippen LogP contribution in [-0.4, -0.2) is 41.8 Å². The zero-order valence-electron chi connectivity index (χ0n) is 5.24. The number of aliphatic hydroxyl groups excluding tert-OH is 1. The molecule has 9 heavy (non-hydrogen) atoms. The SMILES string of the molecule is C[N+](O)(CO)CNC=O. The van der Waals surface area contributed by atoms with Gasteiger partial charge < -0.3 is 10.4 Å². The zero-order valence-corrected chi connectivity index (χ0v) is 5.24. The summed E-state index contributed by atoms with van der Waals surface area (Å²) in [6.45, 7) is -0.402. The molecule has 0 fully saturated rings. The molecule has 1 unspecified atom stereocenters. The number of carbonyl (C=O) groups excluding carboxylic acids is 1. The Morgan fingerprint density at radius 2 is 2.33 bits per heavy atom. The molecule has 0 radical (unpaired) electrons. The lowest BCUT2D eigenvalue weighted by Gasteiger charge is -2.20. The number of amides is 1. The maximum absolute atomic E-state index is 9.65. The largest absolute Gasteiger partial charge is 0.345 e. The van der Waals surface area contributed by atoms with E-state index in [2.05, 4.69) is 5.32 Å². The summed E-state index contributed by atoms with van der Waals surface area (Å²) in [6, 6.07) is 0. The van der Waals surface area contributed by atoms with Gasteiger partial charge in [0.15, 0.2) is 6.67 Å². The number of hydroxylamine groups is 3. The molecule has 0 aromatic carbocycles. The van der Waals surface area contributed by atoms with Crippen LogP contribution in [0.5, 0.6) is 0 Å². The Labute approximate surface area is 53.1 Å². The normalized spacial score (nSPS) is 16.3. The fraction of sp³-hybridized carbons (Fsp3) is 0.750. The van der Waals surface area contributed by atoms with Crippen molar-refractivity contribution < 1.29 is 19.8 Å². The predicted octanol–water partition coefficient (Wildman–Crippen LogP) is -1.52. The number of hydrogen-bond acceptors (Lipinski definition) is 3. The van der Waals surface area contributed by atoms with Crippen molar-refractivity contribution >= 4 is 6.41 Å². The molecule has 1 atom stereocenters. The Morgan fingerprint density at radius 1 is 1.78 bits per heavy atom. The molecule has 0 saturated heterocycles. The first kappa shape index (κ1) is 8.35. The number of nitrogens with one attached hydrogen (secondary N) is 1. The molecule has 0 spiro atoms. The zero-order chi connectivity index (χ0) is 7.33. The number of quaternary nitrogens is 1. The van der Waals surface area contributed by atoms with Crippen molar-refractivity contribution in [1.82, 2.24) is 5.32 Å². The minimum atomic E-state index is -0.612. The number of hydrogen-bond donors (Lipinski definition) is 3. The van der Waals surface area contributed by atoms with Gasteiger partial charge in [-0.25, -0.2) is 5.21 Å². The molecule has 54 valence electrons. The van der Waals surface area contributed by atoms with Crippen LogP contribution in [0.15, 0.2) is 0 Å². The van der Waals surface area contributed by atoms with Gasteiger partial charge in [0.1, 0.15) is 7.05 Å². The number of nitrogens with zero attached hydrogens (tertiary/aromatic N) is 1. The van der Waals surface area contributed by atoms with Gasteiger partial charge in [0.25, 0.3) is 0 Å². The van der Waals surface area contributed by atoms with E-state index in [9.17, 15) is 4.79 Å². The van der Waals surface area contributed by atoms with Gasteiger partial charge in [0.05, 0.1) is 0 Å².